The number of nitrogens with zero attached hydrogens (tertiary/aromatic N) is 1. The molecule has 0 fully saturated rings. The van der Waals surface area contributed by atoms with Gasteiger partial charge in [-0.05, 0) is 54.6 Å². The fourth-order valence-electron chi connectivity index (χ4n) is 2.49. The van der Waals surface area contributed by atoms with Crippen molar-refractivity contribution in [1.29, 1.82) is 0 Å². The van der Waals surface area contributed by atoms with Crippen LogP contribution in [-0.2, 0) is 9.59 Å². The number of amides is 2. The van der Waals surface area contributed by atoms with Crippen LogP contribution in [-0.4, -0.2) is 11.8 Å². The summed E-state index contributed by atoms with van der Waals surface area (Å²) in [6, 6.07) is 20.1. The highest BCUT2D eigenvalue weighted by molar-refractivity contribution is 6.46. The maximum Gasteiger partial charge on any atom is 0.321 e. The summed E-state index contributed by atoms with van der Waals surface area (Å²) in [4.78, 5) is 26.8. The van der Waals surface area contributed by atoms with Crippen LogP contribution < -0.4 is 21.7 Å². The average Bonchev–Trinajstić information content (AvgIpc) is 2.66. The highest BCUT2D eigenvalue weighted by atomic mass is 35.5. The summed E-state index contributed by atoms with van der Waals surface area (Å²) >= 11 is 6.08. The Morgan fingerprint density at radius 1 is 0.815 bits per heavy atom. The number of nitrogens with one attached hydrogen (secondary N) is 1. The van der Waals surface area contributed by atoms with E-state index < -0.39 is 11.8 Å². The van der Waals surface area contributed by atoms with Crippen LogP contribution in [0.5, 0.6) is 0 Å². The van der Waals surface area contributed by atoms with Gasteiger partial charge in [-0.2, -0.15) is 0 Å². The number of hydrogen-bond donors (Lipinski definition) is 3. The van der Waals surface area contributed by atoms with Crippen LogP contribution in [0.2, 0.25) is 5.02 Å². The van der Waals surface area contributed by atoms with Gasteiger partial charge in [0.25, 0.3) is 0 Å². The Labute approximate surface area is 161 Å². The lowest BCUT2D eigenvalue weighted by molar-refractivity contribution is -0.134. The third-order valence-corrected chi connectivity index (χ3v) is 4.12. The minimum atomic E-state index is -0.831. The van der Waals surface area contributed by atoms with Gasteiger partial charge in [-0.1, -0.05) is 29.8 Å². The van der Waals surface area contributed by atoms with Gasteiger partial charge in [0, 0.05) is 22.7 Å². The second-order valence-corrected chi connectivity index (χ2v) is 6.17. The zero-order valence-electron chi connectivity index (χ0n) is 14.2. The van der Waals surface area contributed by atoms with Gasteiger partial charge in [0.05, 0.1) is 10.7 Å². The molecular formula is C20H17ClN4O2. The first-order valence-corrected chi connectivity index (χ1v) is 8.44. The number of halogens is 1. The molecule has 3 aromatic rings. The zero-order chi connectivity index (χ0) is 19.4. The molecule has 0 aliphatic carbocycles. The Morgan fingerprint density at radius 2 is 1.41 bits per heavy atom. The van der Waals surface area contributed by atoms with E-state index in [4.69, 9.17) is 23.1 Å². The van der Waals surface area contributed by atoms with Crippen LogP contribution in [0.15, 0.2) is 72.8 Å². The number of carbonyl (C=O) groups is 2. The van der Waals surface area contributed by atoms with Crippen molar-refractivity contribution in [2.45, 2.75) is 0 Å². The molecule has 2 amide bonds. The van der Waals surface area contributed by atoms with Gasteiger partial charge in [-0.25, -0.2) is 0 Å². The van der Waals surface area contributed by atoms with Crippen LogP contribution in [0.1, 0.15) is 0 Å². The molecular weight excluding hydrogens is 364 g/mol. The van der Waals surface area contributed by atoms with Crippen molar-refractivity contribution >= 4 is 51.9 Å². The van der Waals surface area contributed by atoms with Gasteiger partial charge in [0.15, 0.2) is 0 Å². The molecule has 3 rings (SSSR count). The molecule has 0 aliphatic heterocycles. The normalized spacial score (nSPS) is 10.3. The van der Waals surface area contributed by atoms with Gasteiger partial charge in [-0.3, -0.25) is 14.5 Å². The lowest BCUT2D eigenvalue weighted by Crippen LogP contribution is -2.36. The van der Waals surface area contributed by atoms with E-state index in [0.29, 0.717) is 28.4 Å². The Kier molecular flexibility index (Phi) is 5.28. The quantitative estimate of drug-likeness (QED) is 0.475. The van der Waals surface area contributed by atoms with Crippen molar-refractivity contribution in [3.8, 4) is 0 Å². The average molecular weight is 381 g/mol. The number of anilines is 5. The fourth-order valence-corrected chi connectivity index (χ4v) is 2.73. The number of hydrogen-bond acceptors (Lipinski definition) is 4. The molecule has 0 bridgehead atoms. The molecule has 3 aromatic carbocycles. The SMILES string of the molecule is Nc1ccc(N(C(=O)C(=O)Nc2ccc(N)cc2Cl)c2ccccc2)cc1. The lowest BCUT2D eigenvalue weighted by atomic mass is 10.2. The van der Waals surface area contributed by atoms with E-state index in [9.17, 15) is 9.59 Å². The number of nitrogen functional groups attached to an aromatic ring is 2. The van der Waals surface area contributed by atoms with E-state index in [1.807, 2.05) is 6.07 Å². The predicted octanol–water partition coefficient (Wildman–Crippen LogP) is 3.81. The summed E-state index contributed by atoms with van der Waals surface area (Å²) in [5.41, 5.74) is 13.7. The van der Waals surface area contributed by atoms with Crippen molar-refractivity contribution < 1.29 is 9.59 Å². The van der Waals surface area contributed by atoms with E-state index in [1.54, 1.807) is 60.7 Å². The van der Waals surface area contributed by atoms with Gasteiger partial charge < -0.3 is 16.8 Å². The van der Waals surface area contributed by atoms with Crippen molar-refractivity contribution in [3.63, 3.8) is 0 Å². The maximum atomic E-state index is 12.9. The minimum absolute atomic E-state index is 0.245. The van der Waals surface area contributed by atoms with Gasteiger partial charge >= 0.3 is 11.8 Å². The first kappa shape index (κ1) is 18.3. The largest absolute Gasteiger partial charge is 0.399 e. The van der Waals surface area contributed by atoms with Crippen LogP contribution >= 0.6 is 11.6 Å². The molecule has 7 heteroatoms. The molecule has 0 spiro atoms. The smallest absolute Gasteiger partial charge is 0.321 e. The summed E-state index contributed by atoms with van der Waals surface area (Å²) in [6.45, 7) is 0. The number of carbonyl (C=O) groups excluding carboxylic acids is 2. The number of nitrogens with two attached hydrogens (primary N) is 2. The highest BCUT2D eigenvalue weighted by Crippen LogP contribution is 2.28. The third kappa shape index (κ3) is 4.19. The van der Waals surface area contributed by atoms with Crippen molar-refractivity contribution in [3.05, 3.63) is 77.8 Å². The summed E-state index contributed by atoms with van der Waals surface area (Å²) in [7, 11) is 0. The third-order valence-electron chi connectivity index (χ3n) is 3.80. The molecule has 136 valence electrons. The first-order valence-electron chi connectivity index (χ1n) is 8.07. The topological polar surface area (TPSA) is 101 Å². The molecule has 0 saturated carbocycles. The van der Waals surface area contributed by atoms with Crippen LogP contribution in [0.25, 0.3) is 0 Å². The number of benzene rings is 3. The van der Waals surface area contributed by atoms with Crippen molar-refractivity contribution in [2.24, 2.45) is 0 Å². The van der Waals surface area contributed by atoms with Crippen LogP contribution in [0.4, 0.5) is 28.4 Å². The Balaban J connectivity index is 1.92. The van der Waals surface area contributed by atoms with Gasteiger partial charge in [0.1, 0.15) is 0 Å². The number of para-hydroxylation sites is 1. The Morgan fingerprint density at radius 3 is 2.04 bits per heavy atom. The zero-order valence-corrected chi connectivity index (χ0v) is 15.0. The second-order valence-electron chi connectivity index (χ2n) is 5.76. The van der Waals surface area contributed by atoms with Crippen molar-refractivity contribution in [1.82, 2.24) is 0 Å². The molecule has 0 aliphatic rings. The molecule has 0 saturated heterocycles. The van der Waals surface area contributed by atoms with E-state index >= 15 is 0 Å². The molecule has 6 nitrogen and oxygen atoms in total. The predicted molar refractivity (Wildman–Crippen MR) is 109 cm³/mol. The second kappa shape index (κ2) is 7.80. The monoisotopic (exact) mass is 380 g/mol. The summed E-state index contributed by atoms with van der Waals surface area (Å²) in [5.74, 6) is -1.60. The lowest BCUT2D eigenvalue weighted by Gasteiger charge is -2.22. The highest BCUT2D eigenvalue weighted by Gasteiger charge is 2.25. The van der Waals surface area contributed by atoms with E-state index in [0.717, 1.165) is 0 Å². The summed E-state index contributed by atoms with van der Waals surface area (Å²) in [5, 5.41) is 2.77. The van der Waals surface area contributed by atoms with Gasteiger partial charge in [-0.15, -0.1) is 0 Å². The molecule has 0 heterocycles. The Bertz CT molecular complexity index is 975. The molecule has 0 radical (unpaired) electrons. The minimum Gasteiger partial charge on any atom is -0.399 e. The molecule has 5 N–H and O–H groups in total. The van der Waals surface area contributed by atoms with E-state index in [-0.39, 0.29) is 5.02 Å². The fraction of sp³-hybridized carbons (Fsp3) is 0. The van der Waals surface area contributed by atoms with Crippen molar-refractivity contribution in [2.75, 3.05) is 21.7 Å². The molecule has 27 heavy (non-hydrogen) atoms. The molecule has 0 atom stereocenters. The maximum absolute atomic E-state index is 12.9. The molecule has 0 aromatic heterocycles. The van der Waals surface area contributed by atoms with E-state index in [1.165, 1.54) is 11.0 Å². The molecule has 0 unspecified atom stereocenters. The number of rotatable bonds is 3. The first-order chi connectivity index (χ1) is 13.0. The van der Waals surface area contributed by atoms with E-state index in [2.05, 4.69) is 5.32 Å². The van der Waals surface area contributed by atoms with Gasteiger partial charge in [0.2, 0.25) is 0 Å². The standard InChI is InChI=1S/C20H17ClN4O2/c21-17-12-14(23)8-11-18(17)24-19(26)20(27)25(15-4-2-1-3-5-15)16-9-6-13(22)7-10-16/h1-12H,22-23H2,(H,24,26). The van der Waals surface area contributed by atoms with Crippen LogP contribution in [0, 0.1) is 0 Å². The van der Waals surface area contributed by atoms with Crippen LogP contribution in [0.3, 0.4) is 0 Å². The Hall–Kier alpha value is -3.51. The summed E-state index contributed by atoms with van der Waals surface area (Å²) in [6.07, 6.45) is 0. The summed E-state index contributed by atoms with van der Waals surface area (Å²) < 4.78 is 0.